The van der Waals surface area contributed by atoms with Gasteiger partial charge in [0.2, 0.25) is 0 Å². The topological polar surface area (TPSA) is 94.2 Å². The molecule has 7 nitrogen and oxygen atoms in total. The van der Waals surface area contributed by atoms with Gasteiger partial charge in [0, 0.05) is 23.9 Å². The Morgan fingerprint density at radius 2 is 1.91 bits per heavy atom. The molecule has 0 saturated carbocycles. The van der Waals surface area contributed by atoms with Crippen molar-refractivity contribution in [3.8, 4) is 17.2 Å². The predicted molar refractivity (Wildman–Crippen MR) is 89.3 cm³/mol. The first-order valence-corrected chi connectivity index (χ1v) is 7.18. The molecular formula is C15H13BrN2O5. The Labute approximate surface area is 140 Å². The molecule has 0 fully saturated rings. The van der Waals surface area contributed by atoms with Crippen molar-refractivity contribution in [2.24, 2.45) is 4.99 Å². The number of benzene rings is 2. The first kappa shape index (κ1) is 16.8. The number of hydrogen-bond donors (Lipinski definition) is 1. The van der Waals surface area contributed by atoms with Crippen molar-refractivity contribution in [1.29, 1.82) is 0 Å². The Bertz CT molecular complexity index is 777. The minimum absolute atomic E-state index is 0.203. The van der Waals surface area contributed by atoms with Gasteiger partial charge in [0.1, 0.15) is 22.9 Å². The van der Waals surface area contributed by atoms with Crippen LogP contribution in [0.1, 0.15) is 5.56 Å². The molecule has 2 aromatic rings. The Hall–Kier alpha value is -2.61. The summed E-state index contributed by atoms with van der Waals surface area (Å²) < 4.78 is 11.2. The molecule has 0 atom stereocenters. The maximum Gasteiger partial charge on any atom is 0.273 e. The van der Waals surface area contributed by atoms with Gasteiger partial charge in [-0.2, -0.15) is 0 Å². The Kier molecular flexibility index (Phi) is 5.17. The third kappa shape index (κ3) is 3.78. The third-order valence-electron chi connectivity index (χ3n) is 3.02. The van der Waals surface area contributed by atoms with Crippen molar-refractivity contribution in [1.82, 2.24) is 0 Å². The minimum Gasteiger partial charge on any atom is -0.505 e. The number of phenols is 1. The first-order valence-electron chi connectivity index (χ1n) is 6.39. The lowest BCUT2D eigenvalue weighted by Gasteiger charge is -2.09. The highest BCUT2D eigenvalue weighted by Crippen LogP contribution is 2.33. The lowest BCUT2D eigenvalue weighted by atomic mass is 10.2. The number of hydrogen-bond acceptors (Lipinski definition) is 6. The van der Waals surface area contributed by atoms with Crippen LogP contribution in [0.3, 0.4) is 0 Å². The zero-order valence-electron chi connectivity index (χ0n) is 12.3. The van der Waals surface area contributed by atoms with Crippen LogP contribution in [0.25, 0.3) is 0 Å². The number of non-ortho nitro benzene ring substituents is 1. The van der Waals surface area contributed by atoms with Crippen molar-refractivity contribution in [2.75, 3.05) is 14.2 Å². The highest BCUT2D eigenvalue weighted by molar-refractivity contribution is 9.10. The molecule has 0 bridgehead atoms. The highest BCUT2D eigenvalue weighted by atomic mass is 79.9. The van der Waals surface area contributed by atoms with Gasteiger partial charge in [-0.25, -0.2) is 0 Å². The fraction of sp³-hybridized carbons (Fsp3) is 0.133. The number of rotatable bonds is 5. The lowest BCUT2D eigenvalue weighted by Crippen LogP contribution is -1.94. The van der Waals surface area contributed by atoms with Crippen LogP contribution in [-0.4, -0.2) is 30.5 Å². The van der Waals surface area contributed by atoms with Gasteiger partial charge in [0.05, 0.1) is 29.7 Å². The van der Waals surface area contributed by atoms with Crippen LogP contribution in [0.2, 0.25) is 0 Å². The van der Waals surface area contributed by atoms with Crippen molar-refractivity contribution in [2.45, 2.75) is 0 Å². The second kappa shape index (κ2) is 7.10. The molecular weight excluding hydrogens is 368 g/mol. The summed E-state index contributed by atoms with van der Waals surface area (Å²) in [5.74, 6) is 0.870. The van der Waals surface area contributed by atoms with Crippen LogP contribution < -0.4 is 9.47 Å². The van der Waals surface area contributed by atoms with Gasteiger partial charge in [-0.05, 0) is 28.1 Å². The van der Waals surface area contributed by atoms with Gasteiger partial charge in [-0.3, -0.25) is 15.1 Å². The van der Waals surface area contributed by atoms with Crippen molar-refractivity contribution < 1.29 is 19.5 Å². The van der Waals surface area contributed by atoms with Gasteiger partial charge in [-0.1, -0.05) is 0 Å². The largest absolute Gasteiger partial charge is 0.505 e. The molecule has 0 saturated heterocycles. The summed E-state index contributed by atoms with van der Waals surface area (Å²) in [5, 5.41) is 20.5. The summed E-state index contributed by atoms with van der Waals surface area (Å²) in [6.07, 6.45) is 1.49. The average Bonchev–Trinajstić information content (AvgIpc) is 2.53. The van der Waals surface area contributed by atoms with E-state index in [0.717, 1.165) is 10.5 Å². The van der Waals surface area contributed by atoms with E-state index >= 15 is 0 Å². The summed E-state index contributed by atoms with van der Waals surface area (Å²) in [6, 6.07) is 7.14. The summed E-state index contributed by atoms with van der Waals surface area (Å²) in [4.78, 5) is 14.2. The van der Waals surface area contributed by atoms with E-state index in [1.807, 2.05) is 0 Å². The van der Waals surface area contributed by atoms with Crippen LogP contribution in [0.4, 0.5) is 11.4 Å². The monoisotopic (exact) mass is 380 g/mol. The van der Waals surface area contributed by atoms with E-state index in [1.54, 1.807) is 19.2 Å². The molecule has 0 aliphatic heterocycles. The highest BCUT2D eigenvalue weighted by Gasteiger charge is 2.11. The first-order chi connectivity index (χ1) is 11.0. The SMILES string of the molecule is COc1cc(OC)c(C=Nc2ccc([N+](=O)[O-])cc2O)cc1Br. The average molecular weight is 381 g/mol. The second-order valence-corrected chi connectivity index (χ2v) is 5.27. The number of aromatic hydroxyl groups is 1. The molecule has 0 heterocycles. The molecule has 0 spiro atoms. The van der Waals surface area contributed by atoms with E-state index in [9.17, 15) is 15.2 Å². The van der Waals surface area contributed by atoms with E-state index in [2.05, 4.69) is 20.9 Å². The standard InChI is InChI=1S/C15H13BrN2O5/c1-22-14-7-15(23-2)11(16)5-9(14)8-17-12-4-3-10(18(20)21)6-13(12)19/h3-8,19H,1-2H3. The van der Waals surface area contributed by atoms with Crippen molar-refractivity contribution >= 4 is 33.5 Å². The Morgan fingerprint density at radius 1 is 1.22 bits per heavy atom. The van der Waals surface area contributed by atoms with E-state index in [4.69, 9.17) is 9.47 Å². The summed E-state index contributed by atoms with van der Waals surface area (Å²) >= 11 is 3.37. The van der Waals surface area contributed by atoms with Crippen LogP contribution in [0.5, 0.6) is 17.2 Å². The molecule has 8 heteroatoms. The van der Waals surface area contributed by atoms with Crippen LogP contribution in [0, 0.1) is 10.1 Å². The van der Waals surface area contributed by atoms with Crippen molar-refractivity contribution in [3.05, 3.63) is 50.5 Å². The number of aliphatic imine (C=N–C) groups is 1. The molecule has 2 rings (SSSR count). The summed E-state index contributed by atoms with van der Waals surface area (Å²) in [5.41, 5.74) is 0.661. The van der Waals surface area contributed by atoms with Gasteiger partial charge < -0.3 is 14.6 Å². The van der Waals surface area contributed by atoms with E-state index in [0.29, 0.717) is 17.1 Å². The van der Waals surface area contributed by atoms with Crippen LogP contribution in [0.15, 0.2) is 39.8 Å². The van der Waals surface area contributed by atoms with E-state index < -0.39 is 4.92 Å². The van der Waals surface area contributed by atoms with E-state index in [1.165, 1.54) is 25.5 Å². The lowest BCUT2D eigenvalue weighted by molar-refractivity contribution is -0.384. The quantitative estimate of drug-likeness (QED) is 0.483. The second-order valence-electron chi connectivity index (χ2n) is 4.42. The molecule has 0 amide bonds. The number of nitro benzene ring substituents is 1. The van der Waals surface area contributed by atoms with Crippen LogP contribution in [-0.2, 0) is 0 Å². The summed E-state index contributed by atoms with van der Waals surface area (Å²) in [6.45, 7) is 0. The number of halogens is 1. The summed E-state index contributed by atoms with van der Waals surface area (Å²) in [7, 11) is 3.06. The molecule has 1 N–H and O–H groups in total. The molecule has 0 aliphatic carbocycles. The zero-order valence-corrected chi connectivity index (χ0v) is 13.9. The van der Waals surface area contributed by atoms with Crippen LogP contribution >= 0.6 is 15.9 Å². The normalized spacial score (nSPS) is 10.7. The fourth-order valence-corrected chi connectivity index (χ4v) is 2.38. The van der Waals surface area contributed by atoms with Gasteiger partial charge in [0.25, 0.3) is 5.69 Å². The van der Waals surface area contributed by atoms with Gasteiger partial charge in [-0.15, -0.1) is 0 Å². The zero-order chi connectivity index (χ0) is 17.0. The van der Waals surface area contributed by atoms with Gasteiger partial charge in [0.15, 0.2) is 0 Å². The molecule has 120 valence electrons. The number of nitrogens with zero attached hydrogens (tertiary/aromatic N) is 2. The maximum absolute atomic E-state index is 10.6. The Morgan fingerprint density at radius 3 is 2.48 bits per heavy atom. The van der Waals surface area contributed by atoms with Gasteiger partial charge >= 0.3 is 0 Å². The fourth-order valence-electron chi connectivity index (χ4n) is 1.86. The molecule has 0 aliphatic rings. The molecule has 0 radical (unpaired) electrons. The molecule has 23 heavy (non-hydrogen) atoms. The Balaban J connectivity index is 2.37. The number of nitro groups is 1. The number of ether oxygens (including phenoxy) is 2. The maximum atomic E-state index is 10.6. The minimum atomic E-state index is -0.586. The molecule has 0 aromatic heterocycles. The number of methoxy groups -OCH3 is 2. The number of phenolic OH excluding ortho intramolecular Hbond substituents is 1. The smallest absolute Gasteiger partial charge is 0.273 e. The predicted octanol–water partition coefficient (Wildman–Crippen LogP) is 3.83. The van der Waals surface area contributed by atoms with E-state index in [-0.39, 0.29) is 17.1 Å². The van der Waals surface area contributed by atoms with Crippen molar-refractivity contribution in [3.63, 3.8) is 0 Å². The molecule has 2 aromatic carbocycles. The molecule has 0 unspecified atom stereocenters. The third-order valence-corrected chi connectivity index (χ3v) is 3.64.